The predicted octanol–water partition coefficient (Wildman–Crippen LogP) is 2.72. The van der Waals surface area contributed by atoms with Gasteiger partial charge < -0.3 is 10.6 Å². The van der Waals surface area contributed by atoms with Gasteiger partial charge in [0.05, 0.1) is 0 Å². The van der Waals surface area contributed by atoms with E-state index in [1.54, 1.807) is 0 Å². The molecule has 0 spiro atoms. The average molecular weight is 282 g/mol. The van der Waals surface area contributed by atoms with Gasteiger partial charge in [-0.15, -0.1) is 0 Å². The van der Waals surface area contributed by atoms with Crippen LogP contribution in [0, 0.1) is 0 Å². The maximum absolute atomic E-state index is 6.04. The zero-order valence-corrected chi connectivity index (χ0v) is 12.9. The number of hydrogen-bond donors (Lipinski definition) is 1. The number of anilines is 1. The lowest BCUT2D eigenvalue weighted by molar-refractivity contribution is 0.128. The van der Waals surface area contributed by atoms with Gasteiger partial charge in [0.1, 0.15) is 0 Å². The minimum atomic E-state index is 0.253. The molecule has 0 atom stereocenters. The van der Waals surface area contributed by atoms with Crippen LogP contribution < -0.4 is 10.6 Å². The summed E-state index contributed by atoms with van der Waals surface area (Å²) < 4.78 is 0. The van der Waals surface area contributed by atoms with E-state index in [9.17, 15) is 0 Å². The second kappa shape index (κ2) is 5.70. The van der Waals surface area contributed by atoms with E-state index >= 15 is 0 Å². The summed E-state index contributed by atoms with van der Waals surface area (Å²) in [6.07, 6.45) is 0. The van der Waals surface area contributed by atoms with Gasteiger partial charge in [-0.25, -0.2) is 0 Å². The number of rotatable bonds is 2. The summed E-state index contributed by atoms with van der Waals surface area (Å²) >= 11 is 6.04. The molecule has 106 valence electrons. The molecule has 1 fully saturated rings. The molecule has 1 aliphatic heterocycles. The number of halogens is 1. The first kappa shape index (κ1) is 14.6. The first-order valence-electron chi connectivity index (χ1n) is 6.90. The molecule has 1 heterocycles. The van der Waals surface area contributed by atoms with E-state index in [1.807, 2.05) is 12.1 Å². The van der Waals surface area contributed by atoms with Crippen LogP contribution in [-0.2, 0) is 6.54 Å². The number of nitrogens with two attached hydrogens (primary N) is 1. The van der Waals surface area contributed by atoms with Crippen LogP contribution >= 0.6 is 11.6 Å². The summed E-state index contributed by atoms with van der Waals surface area (Å²) in [4.78, 5) is 4.95. The third-order valence-corrected chi connectivity index (χ3v) is 4.07. The Balaban J connectivity index is 2.10. The van der Waals surface area contributed by atoms with Crippen molar-refractivity contribution in [2.75, 3.05) is 31.1 Å². The standard InChI is InChI=1S/C15H24ClN3/c1-15(2,3)19-8-6-18(7-9-19)14-5-4-13(16)10-12(14)11-17/h4-5,10H,6-9,11,17H2,1-3H3. The second-order valence-corrected chi connectivity index (χ2v) is 6.56. The van der Waals surface area contributed by atoms with Gasteiger partial charge in [0.15, 0.2) is 0 Å². The van der Waals surface area contributed by atoms with E-state index in [0.717, 1.165) is 36.8 Å². The van der Waals surface area contributed by atoms with Crippen molar-refractivity contribution in [2.45, 2.75) is 32.9 Å². The van der Waals surface area contributed by atoms with E-state index < -0.39 is 0 Å². The monoisotopic (exact) mass is 281 g/mol. The number of nitrogens with zero attached hydrogens (tertiary/aromatic N) is 2. The van der Waals surface area contributed by atoms with E-state index in [4.69, 9.17) is 17.3 Å². The Kier molecular flexibility index (Phi) is 4.39. The zero-order chi connectivity index (χ0) is 14.0. The molecule has 2 rings (SSSR count). The van der Waals surface area contributed by atoms with E-state index in [0.29, 0.717) is 6.54 Å². The summed E-state index contributed by atoms with van der Waals surface area (Å²) in [5.41, 5.74) is 8.45. The van der Waals surface area contributed by atoms with Crippen molar-refractivity contribution in [3.63, 3.8) is 0 Å². The van der Waals surface area contributed by atoms with Crippen LogP contribution in [0.5, 0.6) is 0 Å². The maximum atomic E-state index is 6.04. The Bertz CT molecular complexity index is 432. The Labute approximate surface area is 121 Å². The highest BCUT2D eigenvalue weighted by molar-refractivity contribution is 6.30. The topological polar surface area (TPSA) is 32.5 Å². The number of hydrogen-bond acceptors (Lipinski definition) is 3. The molecular weight excluding hydrogens is 258 g/mol. The molecule has 4 heteroatoms. The van der Waals surface area contributed by atoms with Crippen molar-refractivity contribution in [1.82, 2.24) is 4.90 Å². The molecule has 0 radical (unpaired) electrons. The fraction of sp³-hybridized carbons (Fsp3) is 0.600. The second-order valence-electron chi connectivity index (χ2n) is 6.12. The summed E-state index contributed by atoms with van der Waals surface area (Å²) in [6, 6.07) is 6.02. The highest BCUT2D eigenvalue weighted by Crippen LogP contribution is 2.26. The van der Waals surface area contributed by atoms with Crippen molar-refractivity contribution < 1.29 is 0 Å². The fourth-order valence-electron chi connectivity index (χ4n) is 2.64. The minimum absolute atomic E-state index is 0.253. The van der Waals surface area contributed by atoms with E-state index in [1.165, 1.54) is 5.69 Å². The lowest BCUT2D eigenvalue weighted by Crippen LogP contribution is -2.53. The smallest absolute Gasteiger partial charge is 0.0413 e. The van der Waals surface area contributed by atoms with Crippen LogP contribution in [0.25, 0.3) is 0 Å². The highest BCUT2D eigenvalue weighted by Gasteiger charge is 2.26. The largest absolute Gasteiger partial charge is 0.369 e. The molecule has 3 nitrogen and oxygen atoms in total. The van der Waals surface area contributed by atoms with E-state index in [2.05, 4.69) is 36.6 Å². The van der Waals surface area contributed by atoms with Crippen LogP contribution in [0.3, 0.4) is 0 Å². The van der Waals surface area contributed by atoms with Gasteiger partial charge in [0, 0.05) is 49.0 Å². The molecule has 0 aliphatic carbocycles. The molecule has 1 aliphatic rings. The Morgan fingerprint density at radius 3 is 2.32 bits per heavy atom. The maximum Gasteiger partial charge on any atom is 0.0413 e. The molecule has 0 amide bonds. The van der Waals surface area contributed by atoms with Crippen LogP contribution in [-0.4, -0.2) is 36.6 Å². The van der Waals surface area contributed by atoms with Gasteiger partial charge in [-0.2, -0.15) is 0 Å². The van der Waals surface area contributed by atoms with Gasteiger partial charge in [-0.1, -0.05) is 11.6 Å². The van der Waals surface area contributed by atoms with Crippen LogP contribution in [0.4, 0.5) is 5.69 Å². The Morgan fingerprint density at radius 1 is 1.16 bits per heavy atom. The van der Waals surface area contributed by atoms with Gasteiger partial charge >= 0.3 is 0 Å². The third-order valence-electron chi connectivity index (χ3n) is 3.83. The van der Waals surface area contributed by atoms with Crippen LogP contribution in [0.2, 0.25) is 5.02 Å². The SMILES string of the molecule is CC(C)(C)N1CCN(c2ccc(Cl)cc2CN)CC1. The lowest BCUT2D eigenvalue weighted by atomic mass is 10.0. The first-order chi connectivity index (χ1) is 8.91. The zero-order valence-electron chi connectivity index (χ0n) is 12.1. The Morgan fingerprint density at radius 2 is 1.79 bits per heavy atom. The molecule has 2 N–H and O–H groups in total. The lowest BCUT2D eigenvalue weighted by Gasteiger charge is -2.43. The summed E-state index contributed by atoms with van der Waals surface area (Å²) in [5, 5.41) is 0.762. The first-order valence-corrected chi connectivity index (χ1v) is 7.28. The van der Waals surface area contributed by atoms with Gasteiger partial charge in [0.2, 0.25) is 0 Å². The van der Waals surface area contributed by atoms with Crippen LogP contribution in [0.1, 0.15) is 26.3 Å². The summed E-state index contributed by atoms with van der Waals surface area (Å²) in [7, 11) is 0. The molecule has 1 aromatic rings. The minimum Gasteiger partial charge on any atom is -0.369 e. The van der Waals surface area contributed by atoms with Crippen molar-refractivity contribution >= 4 is 17.3 Å². The van der Waals surface area contributed by atoms with Gasteiger partial charge in [-0.3, -0.25) is 4.90 Å². The average Bonchev–Trinajstić information content (AvgIpc) is 2.37. The van der Waals surface area contributed by atoms with Crippen molar-refractivity contribution in [3.05, 3.63) is 28.8 Å². The third kappa shape index (κ3) is 3.41. The van der Waals surface area contributed by atoms with Crippen LogP contribution in [0.15, 0.2) is 18.2 Å². The number of benzene rings is 1. The summed E-state index contributed by atoms with van der Waals surface area (Å²) in [5.74, 6) is 0. The molecule has 0 saturated carbocycles. The molecule has 1 saturated heterocycles. The Hall–Kier alpha value is -0.770. The highest BCUT2D eigenvalue weighted by atomic mass is 35.5. The number of piperazine rings is 1. The fourth-order valence-corrected chi connectivity index (χ4v) is 2.84. The van der Waals surface area contributed by atoms with Gasteiger partial charge in [0.25, 0.3) is 0 Å². The van der Waals surface area contributed by atoms with Gasteiger partial charge in [-0.05, 0) is 44.5 Å². The van der Waals surface area contributed by atoms with Crippen molar-refractivity contribution in [2.24, 2.45) is 5.73 Å². The quantitative estimate of drug-likeness (QED) is 0.905. The normalized spacial score (nSPS) is 17.8. The molecule has 0 aromatic heterocycles. The molecular formula is C15H24ClN3. The van der Waals surface area contributed by atoms with Crippen molar-refractivity contribution in [3.8, 4) is 0 Å². The molecule has 1 aromatic carbocycles. The molecule has 0 bridgehead atoms. The molecule has 19 heavy (non-hydrogen) atoms. The molecule has 0 unspecified atom stereocenters. The van der Waals surface area contributed by atoms with E-state index in [-0.39, 0.29) is 5.54 Å². The summed E-state index contributed by atoms with van der Waals surface area (Å²) in [6.45, 7) is 11.6. The predicted molar refractivity (Wildman–Crippen MR) is 82.9 cm³/mol. The van der Waals surface area contributed by atoms with Crippen molar-refractivity contribution in [1.29, 1.82) is 0 Å².